The fourth-order valence-electron chi connectivity index (χ4n) is 6.68. The number of benzene rings is 2. The van der Waals surface area contributed by atoms with Crippen LogP contribution in [0.25, 0.3) is 16.7 Å². The maximum absolute atomic E-state index is 14.2. The first-order chi connectivity index (χ1) is 23.5. The molecule has 2 atom stereocenters. The summed E-state index contributed by atoms with van der Waals surface area (Å²) in [7, 11) is 0. The third-order valence-electron chi connectivity index (χ3n) is 9.08. The highest BCUT2D eigenvalue weighted by atomic mass is 19.4. The number of rotatable bonds is 8. The minimum Gasteiger partial charge on any atom is -0.457 e. The third kappa shape index (κ3) is 7.48. The number of amides is 1. The SMILES string of the molecule is CC(/C=C(\C#N)C(=O)N1CCC[C@@H](n2c(=O)n(-c3ccc(Oc4ccccc4)cc3)c3c(N)nccc32)C1)N1CCN(CC(F)(F)F)CC1. The number of alkyl halides is 3. The van der Waals surface area contributed by atoms with Crippen LogP contribution in [0.4, 0.5) is 19.0 Å². The van der Waals surface area contributed by atoms with Gasteiger partial charge in [-0.05, 0) is 68.3 Å². The molecule has 11 nitrogen and oxygen atoms in total. The number of ether oxygens (including phenoxy) is 1. The van der Waals surface area contributed by atoms with E-state index in [1.165, 1.54) is 9.47 Å². The molecule has 0 bridgehead atoms. The lowest BCUT2D eigenvalue weighted by molar-refractivity contribution is -0.149. The summed E-state index contributed by atoms with van der Waals surface area (Å²) in [5, 5.41) is 9.97. The molecule has 4 aromatic rings. The molecule has 256 valence electrons. The molecule has 2 aliphatic heterocycles. The van der Waals surface area contributed by atoms with Gasteiger partial charge in [0.2, 0.25) is 0 Å². The number of nitrogen functional groups attached to an aromatic ring is 1. The molecule has 0 radical (unpaired) electrons. The van der Waals surface area contributed by atoms with E-state index in [-0.39, 0.29) is 42.8 Å². The lowest BCUT2D eigenvalue weighted by Gasteiger charge is -2.37. The van der Waals surface area contributed by atoms with Crippen LogP contribution in [0.5, 0.6) is 11.5 Å². The summed E-state index contributed by atoms with van der Waals surface area (Å²) in [5.74, 6) is 1.02. The number of carbonyl (C=O) groups is 1. The summed E-state index contributed by atoms with van der Waals surface area (Å²) < 4.78 is 47.5. The van der Waals surface area contributed by atoms with E-state index >= 15 is 0 Å². The number of para-hydroxylation sites is 1. The Bertz CT molecular complexity index is 1920. The second-order valence-electron chi connectivity index (χ2n) is 12.4. The average Bonchev–Trinajstić information content (AvgIpc) is 3.40. The van der Waals surface area contributed by atoms with Crippen molar-refractivity contribution < 1.29 is 22.7 Å². The van der Waals surface area contributed by atoms with Crippen molar-refractivity contribution in [2.45, 2.75) is 38.0 Å². The second kappa shape index (κ2) is 14.2. The fourth-order valence-corrected chi connectivity index (χ4v) is 6.68. The van der Waals surface area contributed by atoms with Crippen LogP contribution in [0.2, 0.25) is 0 Å². The van der Waals surface area contributed by atoms with Gasteiger partial charge in [-0.25, -0.2) is 9.78 Å². The van der Waals surface area contributed by atoms with Crippen molar-refractivity contribution >= 4 is 22.8 Å². The van der Waals surface area contributed by atoms with Crippen molar-refractivity contribution in [3.8, 4) is 23.3 Å². The van der Waals surface area contributed by atoms with Crippen molar-refractivity contribution in [1.82, 2.24) is 28.8 Å². The lowest BCUT2D eigenvalue weighted by atomic mass is 10.0. The zero-order valence-corrected chi connectivity index (χ0v) is 27.0. The highest BCUT2D eigenvalue weighted by Gasteiger charge is 2.34. The summed E-state index contributed by atoms with van der Waals surface area (Å²) in [6.07, 6.45) is 0.103. The number of carbonyl (C=O) groups excluding carboxylic acids is 1. The van der Waals surface area contributed by atoms with Gasteiger partial charge in [-0.1, -0.05) is 18.2 Å². The minimum atomic E-state index is -4.26. The van der Waals surface area contributed by atoms with Gasteiger partial charge in [-0.2, -0.15) is 18.4 Å². The number of hydrogen-bond acceptors (Lipinski definition) is 8. The number of hydrogen-bond donors (Lipinski definition) is 1. The minimum absolute atomic E-state index is 0.0353. The van der Waals surface area contributed by atoms with E-state index < -0.39 is 24.7 Å². The summed E-state index contributed by atoms with van der Waals surface area (Å²) >= 11 is 0. The van der Waals surface area contributed by atoms with Crippen LogP contribution in [0.15, 0.2) is 83.3 Å². The molecule has 2 N–H and O–H groups in total. The van der Waals surface area contributed by atoms with Crippen LogP contribution in [-0.2, 0) is 4.79 Å². The summed E-state index contributed by atoms with van der Waals surface area (Å²) in [4.78, 5) is 37.0. The highest BCUT2D eigenvalue weighted by molar-refractivity contribution is 5.97. The van der Waals surface area contributed by atoms with E-state index in [0.717, 1.165) is 0 Å². The molecule has 49 heavy (non-hydrogen) atoms. The standard InChI is InChI=1S/C35H37F3N8O3/c1-24(43-18-16-42(17-19-43)23-35(36,37)38)20-25(21-39)33(47)44-15-5-6-27(22-44)45-30-13-14-41-32(40)31(30)46(34(45)48)26-9-11-29(12-10-26)49-28-7-3-2-4-8-28/h2-4,7-14,20,24,27H,5-6,15-19,22-23H2,1H3,(H2,40,41)/b25-20+/t24?,27-/m1/s1. The number of pyridine rings is 1. The van der Waals surface area contributed by atoms with E-state index in [1.807, 2.05) is 48.2 Å². The Morgan fingerprint density at radius 3 is 2.43 bits per heavy atom. The van der Waals surface area contributed by atoms with Crippen molar-refractivity contribution in [3.05, 3.63) is 89.0 Å². The molecule has 1 unspecified atom stereocenters. The average molecular weight is 675 g/mol. The van der Waals surface area contributed by atoms with Gasteiger partial charge in [0.15, 0.2) is 0 Å². The monoisotopic (exact) mass is 674 g/mol. The molecular weight excluding hydrogens is 637 g/mol. The number of likely N-dealkylation sites (tertiary alicyclic amines) is 1. The van der Waals surface area contributed by atoms with Crippen LogP contribution >= 0.6 is 0 Å². The topological polar surface area (TPSA) is 126 Å². The second-order valence-corrected chi connectivity index (χ2v) is 12.4. The quantitative estimate of drug-likeness (QED) is 0.210. The van der Waals surface area contributed by atoms with Crippen molar-refractivity contribution in [2.75, 3.05) is 51.5 Å². The van der Waals surface area contributed by atoms with E-state index in [2.05, 4.69) is 4.98 Å². The van der Waals surface area contributed by atoms with Gasteiger partial charge in [0.25, 0.3) is 5.91 Å². The van der Waals surface area contributed by atoms with E-state index in [4.69, 9.17) is 10.5 Å². The first kappa shape index (κ1) is 33.8. The predicted octanol–water partition coefficient (Wildman–Crippen LogP) is 4.74. The maximum Gasteiger partial charge on any atom is 0.401 e. The van der Waals surface area contributed by atoms with Crippen LogP contribution in [0.3, 0.4) is 0 Å². The fraction of sp³-hybridized carbons (Fsp3) is 0.371. The maximum atomic E-state index is 14.2. The van der Waals surface area contributed by atoms with E-state index in [0.29, 0.717) is 60.7 Å². The smallest absolute Gasteiger partial charge is 0.401 e. The van der Waals surface area contributed by atoms with Gasteiger partial charge < -0.3 is 15.4 Å². The first-order valence-corrected chi connectivity index (χ1v) is 16.2. The van der Waals surface area contributed by atoms with Crippen LogP contribution < -0.4 is 16.2 Å². The van der Waals surface area contributed by atoms with Gasteiger partial charge in [-0.3, -0.25) is 23.7 Å². The molecule has 1 amide bonds. The zero-order chi connectivity index (χ0) is 34.7. The molecule has 2 aromatic carbocycles. The Hall–Kier alpha value is -5.13. The number of aromatic nitrogens is 3. The van der Waals surface area contributed by atoms with Crippen LogP contribution in [0, 0.1) is 11.3 Å². The van der Waals surface area contributed by atoms with Gasteiger partial charge >= 0.3 is 11.9 Å². The van der Waals surface area contributed by atoms with Crippen LogP contribution in [0.1, 0.15) is 25.8 Å². The van der Waals surface area contributed by atoms with Gasteiger partial charge in [-0.15, -0.1) is 0 Å². The third-order valence-corrected chi connectivity index (χ3v) is 9.08. The number of halogens is 3. The lowest BCUT2D eigenvalue weighted by Crippen LogP contribution is -2.51. The number of anilines is 1. The normalized spacial score (nSPS) is 18.7. The summed E-state index contributed by atoms with van der Waals surface area (Å²) in [6, 6.07) is 19.5. The Balaban J connectivity index is 1.21. The molecule has 2 saturated heterocycles. The number of fused-ring (bicyclic) bond motifs is 1. The van der Waals surface area contributed by atoms with Crippen molar-refractivity contribution in [2.24, 2.45) is 0 Å². The molecule has 2 aromatic heterocycles. The molecular formula is C35H37F3N8O3. The molecule has 14 heteroatoms. The number of nitrogens with two attached hydrogens (primary N) is 1. The Morgan fingerprint density at radius 1 is 1.06 bits per heavy atom. The van der Waals surface area contributed by atoms with Gasteiger partial charge in [0, 0.05) is 51.5 Å². The Kier molecular flexibility index (Phi) is 9.75. The molecule has 6 rings (SSSR count). The molecule has 4 heterocycles. The highest BCUT2D eigenvalue weighted by Crippen LogP contribution is 2.30. The van der Waals surface area contributed by atoms with Crippen LogP contribution in [-0.4, -0.2) is 92.8 Å². The number of nitriles is 1. The first-order valence-electron chi connectivity index (χ1n) is 16.2. The predicted molar refractivity (Wildman–Crippen MR) is 178 cm³/mol. The van der Waals surface area contributed by atoms with Crippen molar-refractivity contribution in [3.63, 3.8) is 0 Å². The van der Waals surface area contributed by atoms with E-state index in [1.54, 1.807) is 52.1 Å². The zero-order valence-electron chi connectivity index (χ0n) is 27.0. The number of piperazine rings is 1. The Morgan fingerprint density at radius 2 is 1.76 bits per heavy atom. The Labute approximate surface area is 281 Å². The number of nitrogens with zero attached hydrogens (tertiary/aromatic N) is 7. The molecule has 0 aliphatic carbocycles. The molecule has 2 aliphatic rings. The summed E-state index contributed by atoms with van der Waals surface area (Å²) in [6.45, 7) is 2.76. The van der Waals surface area contributed by atoms with E-state index in [9.17, 15) is 28.0 Å². The largest absolute Gasteiger partial charge is 0.457 e. The molecule has 0 saturated carbocycles. The van der Waals surface area contributed by atoms with Gasteiger partial charge in [0.1, 0.15) is 34.5 Å². The molecule has 2 fully saturated rings. The number of imidazole rings is 1. The summed E-state index contributed by atoms with van der Waals surface area (Å²) in [5.41, 5.74) is 7.57. The molecule has 0 spiro atoms. The number of piperidine rings is 1. The van der Waals surface area contributed by atoms with Crippen molar-refractivity contribution in [1.29, 1.82) is 5.26 Å². The van der Waals surface area contributed by atoms with Gasteiger partial charge in [0.05, 0.1) is 23.8 Å².